The Morgan fingerprint density at radius 3 is 2.74 bits per heavy atom. The van der Waals surface area contributed by atoms with E-state index >= 15 is 0 Å². The van der Waals surface area contributed by atoms with Crippen molar-refractivity contribution < 1.29 is 14.0 Å². The molecule has 3 rings (SSSR count). The molecular weight excluding hydrogens is 344 g/mol. The Kier molecular flexibility index (Phi) is 6.87. The Labute approximate surface area is 159 Å². The molecule has 0 spiro atoms. The summed E-state index contributed by atoms with van der Waals surface area (Å²) in [5, 5.41) is 8.23. The molecule has 144 valence electrons. The van der Waals surface area contributed by atoms with Gasteiger partial charge in [0, 0.05) is 19.1 Å². The van der Waals surface area contributed by atoms with Crippen molar-refractivity contribution in [2.24, 2.45) is 0 Å². The Morgan fingerprint density at radius 1 is 1.11 bits per heavy atom. The van der Waals surface area contributed by atoms with E-state index in [0.717, 1.165) is 32.5 Å². The zero-order valence-corrected chi connectivity index (χ0v) is 15.3. The predicted octanol–water partition coefficient (Wildman–Crippen LogP) is 1.86. The first kappa shape index (κ1) is 19.0. The minimum Gasteiger partial charge on any atom is -0.467 e. The number of urea groups is 1. The fourth-order valence-corrected chi connectivity index (χ4v) is 3.24. The highest BCUT2D eigenvalue weighted by molar-refractivity contribution is 5.84. The van der Waals surface area contributed by atoms with Gasteiger partial charge in [-0.05, 0) is 37.1 Å². The van der Waals surface area contributed by atoms with Gasteiger partial charge in [0.2, 0.25) is 5.91 Å². The number of piperidine rings is 1. The van der Waals surface area contributed by atoms with E-state index in [4.69, 9.17) is 4.42 Å². The lowest BCUT2D eigenvalue weighted by molar-refractivity contribution is -0.121. The van der Waals surface area contributed by atoms with Crippen LogP contribution in [0.1, 0.15) is 24.2 Å². The summed E-state index contributed by atoms with van der Waals surface area (Å²) < 4.78 is 5.14. The van der Waals surface area contributed by atoms with Crippen molar-refractivity contribution in [2.75, 3.05) is 19.6 Å². The van der Waals surface area contributed by atoms with Gasteiger partial charge in [0.15, 0.2) is 0 Å². The van der Waals surface area contributed by atoms with E-state index in [2.05, 4.69) is 33.0 Å². The maximum Gasteiger partial charge on any atom is 0.315 e. The molecule has 0 aliphatic carbocycles. The molecule has 1 aromatic carbocycles. The number of furan rings is 1. The van der Waals surface area contributed by atoms with Crippen LogP contribution in [0.4, 0.5) is 4.79 Å². The minimum absolute atomic E-state index is 0.0425. The number of carbonyl (C=O) groups excluding carboxylic acids is 2. The van der Waals surface area contributed by atoms with Crippen LogP contribution in [0, 0.1) is 0 Å². The lowest BCUT2D eigenvalue weighted by Gasteiger charge is -2.33. The van der Waals surface area contributed by atoms with Crippen molar-refractivity contribution in [1.82, 2.24) is 20.9 Å². The highest BCUT2D eigenvalue weighted by Crippen LogP contribution is 2.13. The first-order valence-corrected chi connectivity index (χ1v) is 9.29. The van der Waals surface area contributed by atoms with Gasteiger partial charge < -0.3 is 20.4 Å². The van der Waals surface area contributed by atoms with Crippen LogP contribution in [0.5, 0.6) is 0 Å². The molecule has 27 heavy (non-hydrogen) atoms. The van der Waals surface area contributed by atoms with E-state index in [1.807, 2.05) is 18.2 Å². The molecule has 7 heteroatoms. The van der Waals surface area contributed by atoms with Gasteiger partial charge in [-0.2, -0.15) is 0 Å². The van der Waals surface area contributed by atoms with Crippen LogP contribution in [0.15, 0.2) is 53.1 Å². The molecule has 1 aliphatic rings. The zero-order chi connectivity index (χ0) is 18.9. The summed E-state index contributed by atoms with van der Waals surface area (Å²) in [4.78, 5) is 26.2. The van der Waals surface area contributed by atoms with E-state index in [1.54, 1.807) is 18.4 Å². The summed E-state index contributed by atoms with van der Waals surface area (Å²) in [6, 6.07) is 13.6. The van der Waals surface area contributed by atoms with Gasteiger partial charge in [0.05, 0.1) is 19.4 Å². The highest BCUT2D eigenvalue weighted by atomic mass is 16.3. The molecule has 1 aromatic heterocycles. The second-order valence-corrected chi connectivity index (χ2v) is 6.74. The average Bonchev–Trinajstić information content (AvgIpc) is 3.19. The summed E-state index contributed by atoms with van der Waals surface area (Å²) in [6.45, 7) is 3.00. The fraction of sp³-hybridized carbons (Fsp3) is 0.400. The Bertz CT molecular complexity index is 718. The molecule has 2 aromatic rings. The Hall–Kier alpha value is -2.80. The molecule has 0 saturated carbocycles. The summed E-state index contributed by atoms with van der Waals surface area (Å²) in [5.74, 6) is 0.491. The largest absolute Gasteiger partial charge is 0.467 e. The molecule has 1 unspecified atom stereocenters. The molecule has 1 saturated heterocycles. The molecule has 1 aliphatic heterocycles. The van der Waals surface area contributed by atoms with Crippen LogP contribution in [0.3, 0.4) is 0 Å². The Morgan fingerprint density at radius 2 is 1.96 bits per heavy atom. The summed E-state index contributed by atoms with van der Waals surface area (Å²) in [6.07, 6.45) is 3.56. The first-order valence-electron chi connectivity index (χ1n) is 9.29. The van der Waals surface area contributed by atoms with Gasteiger partial charge in [-0.25, -0.2) is 4.79 Å². The van der Waals surface area contributed by atoms with E-state index in [-0.39, 0.29) is 25.0 Å². The van der Waals surface area contributed by atoms with Gasteiger partial charge in [-0.3, -0.25) is 9.69 Å². The Balaban J connectivity index is 1.35. The average molecular weight is 370 g/mol. The number of carbonyl (C=O) groups is 2. The number of nitrogens with zero attached hydrogens (tertiary/aromatic N) is 1. The van der Waals surface area contributed by atoms with Crippen LogP contribution >= 0.6 is 0 Å². The number of hydrogen-bond donors (Lipinski definition) is 3. The predicted molar refractivity (Wildman–Crippen MR) is 102 cm³/mol. The van der Waals surface area contributed by atoms with Crippen molar-refractivity contribution in [3.8, 4) is 0 Å². The van der Waals surface area contributed by atoms with E-state index in [0.29, 0.717) is 5.76 Å². The third-order valence-electron chi connectivity index (χ3n) is 4.53. The maximum absolute atomic E-state index is 12.1. The maximum atomic E-state index is 12.1. The quantitative estimate of drug-likeness (QED) is 0.694. The van der Waals surface area contributed by atoms with Crippen molar-refractivity contribution in [2.45, 2.75) is 32.0 Å². The molecule has 0 bridgehead atoms. The monoisotopic (exact) mass is 370 g/mol. The molecule has 3 N–H and O–H groups in total. The zero-order valence-electron chi connectivity index (χ0n) is 15.3. The van der Waals surface area contributed by atoms with Crippen molar-refractivity contribution in [3.05, 3.63) is 60.1 Å². The standard InChI is InChI=1S/C20H26N4O3/c25-19(13-22-20(26)21-12-18-9-5-11-27-18)23-17-8-4-10-24(15-17)14-16-6-2-1-3-7-16/h1-3,5-7,9,11,17H,4,8,10,12-15H2,(H,23,25)(H2,21,22,26). The normalized spacial score (nSPS) is 17.3. The SMILES string of the molecule is O=C(CNC(=O)NCc1ccco1)NC1CCCN(Cc2ccccc2)C1. The van der Waals surface area contributed by atoms with Gasteiger partial charge >= 0.3 is 6.03 Å². The number of hydrogen-bond acceptors (Lipinski definition) is 4. The minimum atomic E-state index is -0.393. The van der Waals surface area contributed by atoms with Crippen molar-refractivity contribution >= 4 is 11.9 Å². The molecule has 2 heterocycles. The van der Waals surface area contributed by atoms with Gasteiger partial charge in [0.25, 0.3) is 0 Å². The van der Waals surface area contributed by atoms with Crippen molar-refractivity contribution in [1.29, 1.82) is 0 Å². The molecule has 3 amide bonds. The number of nitrogens with one attached hydrogen (secondary N) is 3. The van der Waals surface area contributed by atoms with Crippen molar-refractivity contribution in [3.63, 3.8) is 0 Å². The van der Waals surface area contributed by atoms with Gasteiger partial charge in [-0.15, -0.1) is 0 Å². The van der Waals surface area contributed by atoms with Crippen LogP contribution in [0.25, 0.3) is 0 Å². The number of amides is 3. The molecule has 7 nitrogen and oxygen atoms in total. The summed E-state index contributed by atoms with van der Waals surface area (Å²) in [5.41, 5.74) is 1.28. The summed E-state index contributed by atoms with van der Waals surface area (Å²) >= 11 is 0. The topological polar surface area (TPSA) is 86.6 Å². The lowest BCUT2D eigenvalue weighted by Crippen LogP contribution is -2.50. The molecule has 1 atom stereocenters. The lowest BCUT2D eigenvalue weighted by atomic mass is 10.0. The highest BCUT2D eigenvalue weighted by Gasteiger charge is 2.21. The molecule has 1 fully saturated rings. The number of benzene rings is 1. The molecular formula is C20H26N4O3. The molecule has 0 radical (unpaired) electrons. The fourth-order valence-electron chi connectivity index (χ4n) is 3.24. The van der Waals surface area contributed by atoms with Crippen LogP contribution in [-0.4, -0.2) is 42.5 Å². The van der Waals surface area contributed by atoms with Crippen LogP contribution in [-0.2, 0) is 17.9 Å². The summed E-state index contributed by atoms with van der Waals surface area (Å²) in [7, 11) is 0. The third-order valence-corrected chi connectivity index (χ3v) is 4.53. The van der Waals surface area contributed by atoms with Gasteiger partial charge in [-0.1, -0.05) is 30.3 Å². The number of rotatable bonds is 7. The first-order chi connectivity index (χ1) is 13.2. The van der Waals surface area contributed by atoms with Crippen LogP contribution in [0.2, 0.25) is 0 Å². The third kappa shape index (κ3) is 6.45. The second-order valence-electron chi connectivity index (χ2n) is 6.74. The van der Waals surface area contributed by atoms with E-state index < -0.39 is 6.03 Å². The van der Waals surface area contributed by atoms with Gasteiger partial charge in [0.1, 0.15) is 5.76 Å². The second kappa shape index (κ2) is 9.78. The van der Waals surface area contributed by atoms with E-state index in [1.165, 1.54) is 5.56 Å². The van der Waals surface area contributed by atoms with E-state index in [9.17, 15) is 9.59 Å². The smallest absolute Gasteiger partial charge is 0.315 e. The van der Waals surface area contributed by atoms with Crippen LogP contribution < -0.4 is 16.0 Å². The number of likely N-dealkylation sites (tertiary alicyclic amines) is 1.